The van der Waals surface area contributed by atoms with Crippen molar-refractivity contribution in [3.05, 3.63) is 25.0 Å². The lowest BCUT2D eigenvalue weighted by Gasteiger charge is -2.26. The Bertz CT molecular complexity index is 733. The van der Waals surface area contributed by atoms with Crippen LogP contribution in [0.5, 0.6) is 0 Å². The first-order valence-electron chi connectivity index (χ1n) is 6.28. The second kappa shape index (κ2) is 5.30. The van der Waals surface area contributed by atoms with E-state index in [1.54, 1.807) is 27.2 Å². The highest BCUT2D eigenvalue weighted by molar-refractivity contribution is 14.1. The molecule has 10 heteroatoms. The predicted octanol–water partition coefficient (Wildman–Crippen LogP) is 0.516. The average molecular weight is 419 g/mol. The molecule has 22 heavy (non-hydrogen) atoms. The third-order valence-electron chi connectivity index (χ3n) is 3.52. The van der Waals surface area contributed by atoms with E-state index in [-0.39, 0.29) is 11.6 Å². The van der Waals surface area contributed by atoms with Crippen molar-refractivity contribution in [2.75, 3.05) is 12.8 Å². The number of rotatable bonds is 3. The second-order valence-electron chi connectivity index (χ2n) is 4.86. The third-order valence-corrected chi connectivity index (χ3v) is 4.70. The van der Waals surface area contributed by atoms with Gasteiger partial charge < -0.3 is 25.4 Å². The van der Waals surface area contributed by atoms with Crippen molar-refractivity contribution < 1.29 is 19.7 Å². The molecule has 1 aliphatic rings. The van der Waals surface area contributed by atoms with E-state index in [1.165, 1.54) is 19.8 Å². The Labute approximate surface area is 138 Å². The van der Waals surface area contributed by atoms with Crippen LogP contribution in [0, 0.1) is 0 Å². The lowest BCUT2D eigenvalue weighted by atomic mass is 10.1. The quantitative estimate of drug-likeness (QED) is 0.373. The largest absolute Gasteiger partial charge is 0.510 e. The van der Waals surface area contributed by atoms with E-state index in [2.05, 4.69) is 21.5 Å². The average Bonchev–Trinajstić information content (AvgIpc) is 2.97. The van der Waals surface area contributed by atoms with Crippen LogP contribution in [0.2, 0.25) is 0 Å². The van der Waals surface area contributed by atoms with Gasteiger partial charge in [0.2, 0.25) is 0 Å². The molecule has 3 rings (SSSR count). The van der Waals surface area contributed by atoms with Crippen molar-refractivity contribution in [2.45, 2.75) is 22.0 Å². The van der Waals surface area contributed by atoms with Crippen LogP contribution >= 0.6 is 22.6 Å². The summed E-state index contributed by atoms with van der Waals surface area (Å²) in [5, 5.41) is 20.3. The SMILES string of the molecule is C=C(O)[C@H]1O[C@@H](n2cnc3c(N)ncnc32)[C@H](OC)[C@@]1(O)I. The number of ether oxygens (including phenoxy) is 2. The highest BCUT2D eigenvalue weighted by Gasteiger charge is 2.57. The Hall–Kier alpha value is -1.50. The Morgan fingerprint density at radius 1 is 1.55 bits per heavy atom. The van der Waals surface area contributed by atoms with Gasteiger partial charge in [-0.3, -0.25) is 4.57 Å². The summed E-state index contributed by atoms with van der Waals surface area (Å²) in [4.78, 5) is 12.2. The van der Waals surface area contributed by atoms with Crippen LogP contribution in [-0.2, 0) is 9.47 Å². The van der Waals surface area contributed by atoms with Crippen molar-refractivity contribution >= 4 is 39.6 Å². The van der Waals surface area contributed by atoms with E-state index in [1.807, 2.05) is 0 Å². The molecule has 1 aliphatic heterocycles. The summed E-state index contributed by atoms with van der Waals surface area (Å²) in [5.74, 6) is -0.0522. The molecular weight excluding hydrogens is 405 g/mol. The molecule has 4 atom stereocenters. The summed E-state index contributed by atoms with van der Waals surface area (Å²) in [6.07, 6.45) is 0.225. The van der Waals surface area contributed by atoms with Gasteiger partial charge in [0.1, 0.15) is 23.7 Å². The molecule has 1 fully saturated rings. The minimum Gasteiger partial charge on any atom is -0.510 e. The molecule has 4 N–H and O–H groups in total. The van der Waals surface area contributed by atoms with Crippen LogP contribution in [-0.4, -0.2) is 52.7 Å². The molecule has 3 heterocycles. The molecule has 2 aromatic heterocycles. The summed E-state index contributed by atoms with van der Waals surface area (Å²) in [6.45, 7) is 3.43. The summed E-state index contributed by atoms with van der Waals surface area (Å²) in [6, 6.07) is 0. The number of methoxy groups -OCH3 is 1. The fraction of sp³-hybridized carbons (Fsp3) is 0.417. The monoisotopic (exact) mass is 419 g/mol. The third kappa shape index (κ3) is 2.14. The minimum atomic E-state index is -1.50. The number of hydrogen-bond donors (Lipinski definition) is 3. The van der Waals surface area contributed by atoms with Gasteiger partial charge in [-0.1, -0.05) is 6.58 Å². The molecule has 0 unspecified atom stereocenters. The predicted molar refractivity (Wildman–Crippen MR) is 85.2 cm³/mol. The highest BCUT2D eigenvalue weighted by atomic mass is 127. The van der Waals surface area contributed by atoms with Crippen LogP contribution in [0.3, 0.4) is 0 Å². The molecule has 0 amide bonds. The molecule has 118 valence electrons. The van der Waals surface area contributed by atoms with Gasteiger partial charge in [0, 0.05) is 7.11 Å². The maximum Gasteiger partial charge on any atom is 0.179 e. The number of nitrogens with zero attached hydrogens (tertiary/aromatic N) is 4. The van der Waals surface area contributed by atoms with E-state index in [4.69, 9.17) is 15.2 Å². The van der Waals surface area contributed by atoms with E-state index >= 15 is 0 Å². The molecule has 0 radical (unpaired) electrons. The maximum atomic E-state index is 10.6. The first-order valence-corrected chi connectivity index (χ1v) is 7.36. The van der Waals surface area contributed by atoms with Crippen molar-refractivity contribution in [3.8, 4) is 0 Å². The molecule has 0 saturated carbocycles. The number of hydrogen-bond acceptors (Lipinski definition) is 8. The number of nitrogens with two attached hydrogens (primary N) is 1. The van der Waals surface area contributed by atoms with Gasteiger partial charge >= 0.3 is 0 Å². The van der Waals surface area contributed by atoms with Crippen molar-refractivity contribution in [1.82, 2.24) is 19.5 Å². The van der Waals surface area contributed by atoms with Crippen LogP contribution in [0.15, 0.2) is 25.0 Å². The van der Waals surface area contributed by atoms with Gasteiger partial charge in [0.05, 0.1) is 6.33 Å². The van der Waals surface area contributed by atoms with Gasteiger partial charge in [-0.05, 0) is 22.6 Å². The molecular formula is C12H14IN5O4. The Balaban J connectivity index is 2.10. The van der Waals surface area contributed by atoms with Crippen molar-refractivity contribution in [2.24, 2.45) is 0 Å². The summed E-state index contributed by atoms with van der Waals surface area (Å²) in [5.41, 5.74) is 6.62. The Kier molecular flexibility index (Phi) is 3.71. The number of aliphatic hydroxyl groups excluding tert-OH is 1. The number of halogens is 1. The number of nitrogen functional groups attached to an aromatic ring is 1. The van der Waals surface area contributed by atoms with E-state index in [9.17, 15) is 10.2 Å². The topological polar surface area (TPSA) is 129 Å². The summed E-state index contributed by atoms with van der Waals surface area (Å²) < 4.78 is 11.2. The zero-order valence-electron chi connectivity index (χ0n) is 11.5. The lowest BCUT2D eigenvalue weighted by molar-refractivity contribution is -0.0497. The highest BCUT2D eigenvalue weighted by Crippen LogP contribution is 2.45. The number of alkyl halides is 1. The van der Waals surface area contributed by atoms with Gasteiger partial charge in [0.25, 0.3) is 0 Å². The van der Waals surface area contributed by atoms with Gasteiger partial charge in [0.15, 0.2) is 27.4 Å². The van der Waals surface area contributed by atoms with Crippen molar-refractivity contribution in [3.63, 3.8) is 0 Å². The summed E-state index contributed by atoms with van der Waals surface area (Å²) >= 11 is 1.77. The molecule has 2 aromatic rings. The Morgan fingerprint density at radius 2 is 2.27 bits per heavy atom. The number of aliphatic hydroxyl groups is 2. The van der Waals surface area contributed by atoms with Crippen molar-refractivity contribution in [1.29, 1.82) is 0 Å². The normalized spacial score (nSPS) is 31.7. The molecule has 0 bridgehead atoms. The van der Waals surface area contributed by atoms with E-state index in [0.717, 1.165) is 0 Å². The fourth-order valence-electron chi connectivity index (χ4n) is 2.52. The molecule has 0 spiro atoms. The van der Waals surface area contributed by atoms with Crippen LogP contribution < -0.4 is 5.73 Å². The maximum absolute atomic E-state index is 10.6. The van der Waals surface area contributed by atoms with Crippen LogP contribution in [0.1, 0.15) is 6.23 Å². The zero-order chi connectivity index (χ0) is 16.1. The van der Waals surface area contributed by atoms with E-state index in [0.29, 0.717) is 11.2 Å². The Morgan fingerprint density at radius 3 is 2.91 bits per heavy atom. The molecule has 9 nitrogen and oxygen atoms in total. The summed E-state index contributed by atoms with van der Waals surface area (Å²) in [7, 11) is 1.44. The number of fused-ring (bicyclic) bond motifs is 1. The first kappa shape index (κ1) is 15.4. The zero-order valence-corrected chi connectivity index (χ0v) is 13.7. The van der Waals surface area contributed by atoms with Crippen LogP contribution in [0.4, 0.5) is 5.82 Å². The smallest absolute Gasteiger partial charge is 0.179 e. The number of anilines is 1. The fourth-order valence-corrected chi connectivity index (χ4v) is 3.59. The first-order chi connectivity index (χ1) is 10.4. The minimum absolute atomic E-state index is 0.239. The molecule has 1 saturated heterocycles. The molecule has 0 aliphatic carbocycles. The molecule has 0 aromatic carbocycles. The number of imidazole rings is 1. The van der Waals surface area contributed by atoms with E-state index < -0.39 is 22.0 Å². The van der Waals surface area contributed by atoms with Gasteiger partial charge in [-0.15, -0.1) is 0 Å². The number of aromatic nitrogens is 4. The van der Waals surface area contributed by atoms with Gasteiger partial charge in [-0.25, -0.2) is 15.0 Å². The van der Waals surface area contributed by atoms with Crippen LogP contribution in [0.25, 0.3) is 11.2 Å². The lowest BCUT2D eigenvalue weighted by Crippen LogP contribution is -2.43. The van der Waals surface area contributed by atoms with Gasteiger partial charge in [-0.2, -0.15) is 0 Å². The standard InChI is InChI=1S/C12H14IN5O4/c1-5(19)7-12(13,20)8(21-2)11(22-7)18-4-17-6-9(14)15-3-16-10(6)18/h3-4,7-8,11,19-20H,1H2,2H3,(H2,14,15,16)/t7-,8+,11-,12-/m1/s1. The second-order valence-corrected chi connectivity index (χ2v) is 6.59.